The van der Waals surface area contributed by atoms with Crippen LogP contribution in [0, 0.1) is 0 Å². The molecule has 2 aliphatic heterocycles. The number of carbonyl (C=O) groups is 1. The van der Waals surface area contributed by atoms with Crippen LogP contribution in [0.1, 0.15) is 21.6 Å². The number of hydrogen-bond acceptors (Lipinski definition) is 4. The van der Waals surface area contributed by atoms with Crippen molar-refractivity contribution in [2.24, 2.45) is 0 Å². The Bertz CT molecular complexity index is 689. The first-order chi connectivity index (χ1) is 10.3. The van der Waals surface area contributed by atoms with Gasteiger partial charge in [-0.25, -0.2) is 0 Å². The highest BCUT2D eigenvalue weighted by Crippen LogP contribution is 2.35. The van der Waals surface area contributed by atoms with Gasteiger partial charge in [-0.2, -0.15) is 0 Å². The molecular formula is C16H14N2O3. The predicted molar refractivity (Wildman–Crippen MR) is 75.2 cm³/mol. The van der Waals surface area contributed by atoms with E-state index in [9.17, 15) is 4.79 Å². The largest absolute Gasteiger partial charge is 0.486 e. The summed E-state index contributed by atoms with van der Waals surface area (Å²) in [6.45, 7) is 2.12. The second kappa shape index (κ2) is 4.77. The lowest BCUT2D eigenvalue weighted by Crippen LogP contribution is -2.27. The van der Waals surface area contributed by atoms with E-state index >= 15 is 0 Å². The van der Waals surface area contributed by atoms with Crippen LogP contribution in [-0.4, -0.2) is 29.0 Å². The smallest absolute Gasteiger partial charge is 0.258 e. The van der Waals surface area contributed by atoms with E-state index in [1.54, 1.807) is 17.2 Å². The molecule has 0 N–H and O–H groups in total. The molecule has 4 rings (SSSR count). The molecular weight excluding hydrogens is 268 g/mol. The van der Waals surface area contributed by atoms with Gasteiger partial charge in [0.25, 0.3) is 5.91 Å². The number of rotatable bonds is 1. The van der Waals surface area contributed by atoms with Gasteiger partial charge in [0, 0.05) is 12.7 Å². The SMILES string of the molecule is O=C(c1cccc2c1OCCO2)N1Cc2cccnc2C1. The Morgan fingerprint density at radius 2 is 2.00 bits per heavy atom. The van der Waals surface area contributed by atoms with Gasteiger partial charge in [0.1, 0.15) is 13.2 Å². The third kappa shape index (κ3) is 2.01. The number of amides is 1. The third-order valence-corrected chi connectivity index (χ3v) is 3.77. The Balaban J connectivity index is 1.65. The topological polar surface area (TPSA) is 51.7 Å². The van der Waals surface area contributed by atoms with Crippen molar-refractivity contribution in [1.29, 1.82) is 0 Å². The molecule has 3 heterocycles. The van der Waals surface area contributed by atoms with E-state index in [-0.39, 0.29) is 5.91 Å². The molecule has 21 heavy (non-hydrogen) atoms. The zero-order valence-corrected chi connectivity index (χ0v) is 11.4. The molecule has 0 radical (unpaired) electrons. The van der Waals surface area contributed by atoms with Crippen LogP contribution in [0.4, 0.5) is 0 Å². The Kier molecular flexibility index (Phi) is 2.77. The number of benzene rings is 1. The van der Waals surface area contributed by atoms with Gasteiger partial charge in [-0.05, 0) is 23.8 Å². The van der Waals surface area contributed by atoms with E-state index in [1.807, 2.05) is 24.3 Å². The molecule has 2 aliphatic rings. The van der Waals surface area contributed by atoms with Crippen molar-refractivity contribution in [1.82, 2.24) is 9.88 Å². The number of aromatic nitrogens is 1. The predicted octanol–water partition coefficient (Wildman–Crippen LogP) is 2.01. The Morgan fingerprint density at radius 1 is 1.10 bits per heavy atom. The molecule has 0 saturated heterocycles. The molecule has 0 spiro atoms. The van der Waals surface area contributed by atoms with Gasteiger partial charge in [0.15, 0.2) is 11.5 Å². The number of carbonyl (C=O) groups excluding carboxylic acids is 1. The minimum Gasteiger partial charge on any atom is -0.486 e. The molecule has 1 amide bonds. The number of ether oxygens (including phenoxy) is 2. The van der Waals surface area contributed by atoms with Crippen molar-refractivity contribution >= 4 is 5.91 Å². The van der Waals surface area contributed by atoms with Gasteiger partial charge in [-0.3, -0.25) is 9.78 Å². The summed E-state index contributed by atoms with van der Waals surface area (Å²) in [6, 6.07) is 9.34. The summed E-state index contributed by atoms with van der Waals surface area (Å²) in [6.07, 6.45) is 1.76. The van der Waals surface area contributed by atoms with E-state index in [0.29, 0.717) is 43.4 Å². The summed E-state index contributed by atoms with van der Waals surface area (Å²) in [5.41, 5.74) is 2.63. The van der Waals surface area contributed by atoms with Crippen molar-refractivity contribution in [3.05, 3.63) is 53.3 Å². The normalized spacial score (nSPS) is 15.7. The minimum atomic E-state index is -0.0460. The van der Waals surface area contributed by atoms with Crippen LogP contribution in [0.5, 0.6) is 11.5 Å². The van der Waals surface area contributed by atoms with Crippen LogP contribution >= 0.6 is 0 Å². The standard InChI is InChI=1S/C16H14N2O3/c19-16(18-9-11-3-2-6-17-13(11)10-18)12-4-1-5-14-15(12)21-8-7-20-14/h1-6H,7-10H2. The maximum absolute atomic E-state index is 12.8. The van der Waals surface area contributed by atoms with Crippen molar-refractivity contribution in [2.45, 2.75) is 13.1 Å². The molecule has 5 heteroatoms. The summed E-state index contributed by atoms with van der Waals surface area (Å²) in [4.78, 5) is 18.9. The number of pyridine rings is 1. The first-order valence-electron chi connectivity index (χ1n) is 6.93. The van der Waals surface area contributed by atoms with Crippen molar-refractivity contribution < 1.29 is 14.3 Å². The third-order valence-electron chi connectivity index (χ3n) is 3.77. The molecule has 0 fully saturated rings. The van der Waals surface area contributed by atoms with Gasteiger partial charge in [0.05, 0.1) is 17.8 Å². The fraction of sp³-hybridized carbons (Fsp3) is 0.250. The maximum atomic E-state index is 12.8. The number of nitrogens with zero attached hydrogens (tertiary/aromatic N) is 2. The molecule has 1 aromatic heterocycles. The maximum Gasteiger partial charge on any atom is 0.258 e. The molecule has 0 atom stereocenters. The number of para-hydroxylation sites is 1. The fourth-order valence-corrected chi connectivity index (χ4v) is 2.76. The van der Waals surface area contributed by atoms with E-state index in [4.69, 9.17) is 9.47 Å². The first-order valence-corrected chi connectivity index (χ1v) is 6.93. The van der Waals surface area contributed by atoms with Crippen LogP contribution in [0.2, 0.25) is 0 Å². The van der Waals surface area contributed by atoms with Crippen LogP contribution in [0.25, 0.3) is 0 Å². The van der Waals surface area contributed by atoms with E-state index in [2.05, 4.69) is 4.98 Å². The summed E-state index contributed by atoms with van der Waals surface area (Å²) >= 11 is 0. The van der Waals surface area contributed by atoms with Crippen LogP contribution in [-0.2, 0) is 13.1 Å². The van der Waals surface area contributed by atoms with E-state index in [1.165, 1.54) is 0 Å². The Morgan fingerprint density at radius 3 is 2.90 bits per heavy atom. The molecule has 0 aliphatic carbocycles. The second-order valence-corrected chi connectivity index (χ2v) is 5.10. The number of hydrogen-bond donors (Lipinski definition) is 0. The van der Waals surface area contributed by atoms with Gasteiger partial charge in [0.2, 0.25) is 0 Å². The quantitative estimate of drug-likeness (QED) is 0.803. The molecule has 2 aromatic rings. The average molecular weight is 282 g/mol. The van der Waals surface area contributed by atoms with Crippen molar-refractivity contribution in [2.75, 3.05) is 13.2 Å². The summed E-state index contributed by atoms with van der Waals surface area (Å²) in [5, 5.41) is 0. The summed E-state index contributed by atoms with van der Waals surface area (Å²) in [5.74, 6) is 1.15. The van der Waals surface area contributed by atoms with Crippen LogP contribution in [0.3, 0.4) is 0 Å². The fourth-order valence-electron chi connectivity index (χ4n) is 2.76. The average Bonchev–Trinajstić information content (AvgIpc) is 2.97. The molecule has 0 bridgehead atoms. The molecule has 106 valence electrons. The Labute approximate surface area is 122 Å². The lowest BCUT2D eigenvalue weighted by molar-refractivity contribution is 0.0740. The molecule has 1 aromatic carbocycles. The zero-order valence-electron chi connectivity index (χ0n) is 11.4. The second-order valence-electron chi connectivity index (χ2n) is 5.10. The molecule has 0 saturated carbocycles. The summed E-state index contributed by atoms with van der Waals surface area (Å²) < 4.78 is 11.2. The van der Waals surface area contributed by atoms with Gasteiger partial charge >= 0.3 is 0 Å². The van der Waals surface area contributed by atoms with Gasteiger partial charge < -0.3 is 14.4 Å². The molecule has 5 nitrogen and oxygen atoms in total. The van der Waals surface area contributed by atoms with Crippen LogP contribution in [0.15, 0.2) is 36.5 Å². The minimum absolute atomic E-state index is 0.0460. The van der Waals surface area contributed by atoms with E-state index in [0.717, 1.165) is 11.3 Å². The number of fused-ring (bicyclic) bond motifs is 2. The summed E-state index contributed by atoms with van der Waals surface area (Å²) in [7, 11) is 0. The lowest BCUT2D eigenvalue weighted by atomic mass is 10.1. The molecule has 0 unspecified atom stereocenters. The highest BCUT2D eigenvalue weighted by atomic mass is 16.6. The van der Waals surface area contributed by atoms with Crippen LogP contribution < -0.4 is 9.47 Å². The highest BCUT2D eigenvalue weighted by molar-refractivity contribution is 5.98. The van der Waals surface area contributed by atoms with E-state index < -0.39 is 0 Å². The van der Waals surface area contributed by atoms with Crippen molar-refractivity contribution in [3.63, 3.8) is 0 Å². The Hall–Kier alpha value is -2.56. The lowest BCUT2D eigenvalue weighted by Gasteiger charge is -2.22. The van der Waals surface area contributed by atoms with Crippen molar-refractivity contribution in [3.8, 4) is 11.5 Å². The highest BCUT2D eigenvalue weighted by Gasteiger charge is 2.28. The monoisotopic (exact) mass is 282 g/mol. The van der Waals surface area contributed by atoms with Gasteiger partial charge in [-0.15, -0.1) is 0 Å². The zero-order chi connectivity index (χ0) is 14.2. The van der Waals surface area contributed by atoms with Gasteiger partial charge in [-0.1, -0.05) is 12.1 Å². The first kappa shape index (κ1) is 12.2.